The van der Waals surface area contributed by atoms with Crippen LogP contribution in [0.5, 0.6) is 5.75 Å². The molecule has 1 aromatic carbocycles. The maximum Gasteiger partial charge on any atom is 0.337 e. The van der Waals surface area contributed by atoms with Crippen LogP contribution >= 0.6 is 0 Å². The summed E-state index contributed by atoms with van der Waals surface area (Å²) in [7, 11) is 1.60. The SMILES string of the molecule is COc1cccc(C=Cc2nc3ccc(C(=O)O)cn3c(=O)c2C)c1. The van der Waals surface area contributed by atoms with Crippen LogP contribution in [-0.4, -0.2) is 27.6 Å². The molecule has 2 aromatic heterocycles. The fraction of sp³-hybridized carbons (Fsp3) is 0.105. The number of rotatable bonds is 4. The van der Waals surface area contributed by atoms with Crippen molar-refractivity contribution >= 4 is 23.8 Å². The van der Waals surface area contributed by atoms with Crippen LogP contribution < -0.4 is 10.3 Å². The Hall–Kier alpha value is -3.41. The first-order chi connectivity index (χ1) is 12.0. The van der Waals surface area contributed by atoms with Crippen LogP contribution in [0, 0.1) is 6.92 Å². The van der Waals surface area contributed by atoms with Crippen molar-refractivity contribution in [3.8, 4) is 5.75 Å². The average Bonchev–Trinajstić information content (AvgIpc) is 2.63. The summed E-state index contributed by atoms with van der Waals surface area (Å²) in [5.41, 5.74) is 2.04. The quantitative estimate of drug-likeness (QED) is 0.792. The van der Waals surface area contributed by atoms with E-state index in [0.29, 0.717) is 16.9 Å². The van der Waals surface area contributed by atoms with Crippen molar-refractivity contribution in [1.29, 1.82) is 0 Å². The van der Waals surface area contributed by atoms with Crippen LogP contribution in [0.15, 0.2) is 47.4 Å². The molecule has 0 saturated heterocycles. The Morgan fingerprint density at radius 3 is 2.76 bits per heavy atom. The Bertz CT molecular complexity index is 1050. The van der Waals surface area contributed by atoms with Gasteiger partial charge in [0.1, 0.15) is 11.4 Å². The first kappa shape index (κ1) is 16.4. The number of fused-ring (bicyclic) bond motifs is 1. The standard InChI is InChI=1S/C19H16N2O4/c1-12-16(8-6-13-4-3-5-15(10-13)25-2)20-17-9-7-14(19(23)24)11-21(17)18(12)22/h3-11H,1-2H3,(H,23,24). The molecule has 2 heterocycles. The Morgan fingerprint density at radius 2 is 2.04 bits per heavy atom. The number of pyridine rings is 1. The van der Waals surface area contributed by atoms with E-state index in [0.717, 1.165) is 11.3 Å². The van der Waals surface area contributed by atoms with Crippen LogP contribution in [0.25, 0.3) is 17.8 Å². The zero-order valence-electron chi connectivity index (χ0n) is 13.8. The maximum absolute atomic E-state index is 12.5. The first-order valence-electron chi connectivity index (χ1n) is 7.58. The maximum atomic E-state index is 12.5. The van der Waals surface area contributed by atoms with E-state index in [-0.39, 0.29) is 11.1 Å². The number of hydrogen-bond acceptors (Lipinski definition) is 4. The largest absolute Gasteiger partial charge is 0.497 e. The smallest absolute Gasteiger partial charge is 0.337 e. The van der Waals surface area contributed by atoms with Crippen molar-refractivity contribution in [3.05, 3.63) is 75.3 Å². The number of carboxylic acid groups (broad SMARTS) is 1. The molecule has 0 spiro atoms. The highest BCUT2D eigenvalue weighted by Crippen LogP contribution is 2.15. The molecule has 0 saturated carbocycles. The van der Waals surface area contributed by atoms with Gasteiger partial charge in [-0.25, -0.2) is 9.78 Å². The van der Waals surface area contributed by atoms with Crippen LogP contribution in [0.3, 0.4) is 0 Å². The molecule has 0 amide bonds. The van der Waals surface area contributed by atoms with Gasteiger partial charge in [-0.15, -0.1) is 0 Å². The Kier molecular flexibility index (Phi) is 4.35. The number of carboxylic acids is 1. The molecule has 0 fully saturated rings. The lowest BCUT2D eigenvalue weighted by Crippen LogP contribution is -2.20. The van der Waals surface area contributed by atoms with Crippen molar-refractivity contribution in [3.63, 3.8) is 0 Å². The number of aromatic nitrogens is 2. The first-order valence-corrected chi connectivity index (χ1v) is 7.58. The number of nitrogens with zero attached hydrogens (tertiary/aromatic N) is 2. The highest BCUT2D eigenvalue weighted by Gasteiger charge is 2.10. The number of carbonyl (C=O) groups is 1. The minimum atomic E-state index is -1.09. The second kappa shape index (κ2) is 6.60. The Morgan fingerprint density at radius 1 is 1.24 bits per heavy atom. The van der Waals surface area contributed by atoms with Crippen LogP contribution in [0.2, 0.25) is 0 Å². The number of methoxy groups -OCH3 is 1. The Labute approximate surface area is 143 Å². The lowest BCUT2D eigenvalue weighted by atomic mass is 10.1. The van der Waals surface area contributed by atoms with Crippen molar-refractivity contribution in [2.75, 3.05) is 7.11 Å². The van der Waals surface area contributed by atoms with Gasteiger partial charge in [-0.3, -0.25) is 9.20 Å². The summed E-state index contributed by atoms with van der Waals surface area (Å²) in [6.07, 6.45) is 4.89. The molecule has 1 N–H and O–H groups in total. The predicted molar refractivity (Wildman–Crippen MR) is 95.1 cm³/mol. The molecule has 0 unspecified atom stereocenters. The lowest BCUT2D eigenvalue weighted by molar-refractivity contribution is 0.0696. The van der Waals surface area contributed by atoms with E-state index in [1.165, 1.54) is 22.7 Å². The van der Waals surface area contributed by atoms with Crippen LogP contribution in [-0.2, 0) is 0 Å². The summed E-state index contributed by atoms with van der Waals surface area (Å²) in [5.74, 6) is -0.347. The van der Waals surface area contributed by atoms with Crippen molar-refractivity contribution in [1.82, 2.24) is 9.38 Å². The average molecular weight is 336 g/mol. The molecular formula is C19H16N2O4. The zero-order chi connectivity index (χ0) is 18.0. The molecular weight excluding hydrogens is 320 g/mol. The highest BCUT2D eigenvalue weighted by atomic mass is 16.5. The van der Waals surface area contributed by atoms with Gasteiger partial charge in [0, 0.05) is 11.8 Å². The minimum absolute atomic E-state index is 0.0375. The van der Waals surface area contributed by atoms with E-state index >= 15 is 0 Å². The monoisotopic (exact) mass is 336 g/mol. The van der Waals surface area contributed by atoms with E-state index in [1.54, 1.807) is 20.1 Å². The van der Waals surface area contributed by atoms with Gasteiger partial charge in [0.05, 0.1) is 18.4 Å². The molecule has 3 rings (SSSR count). The second-order valence-corrected chi connectivity index (χ2v) is 5.49. The number of ether oxygens (including phenoxy) is 1. The van der Waals surface area contributed by atoms with Gasteiger partial charge < -0.3 is 9.84 Å². The molecule has 0 atom stereocenters. The number of aromatic carboxylic acids is 1. The van der Waals surface area contributed by atoms with E-state index in [1.807, 2.05) is 30.3 Å². The molecule has 0 aliphatic rings. The van der Waals surface area contributed by atoms with Gasteiger partial charge in [0.25, 0.3) is 5.56 Å². The Balaban J connectivity index is 2.06. The van der Waals surface area contributed by atoms with E-state index in [2.05, 4.69) is 4.98 Å². The third-order valence-electron chi connectivity index (χ3n) is 3.86. The molecule has 6 heteroatoms. The summed E-state index contributed by atoms with van der Waals surface area (Å²) in [6.45, 7) is 1.67. The predicted octanol–water partition coefficient (Wildman–Crippen LogP) is 2.88. The highest BCUT2D eigenvalue weighted by molar-refractivity contribution is 5.87. The van der Waals surface area contributed by atoms with E-state index < -0.39 is 5.97 Å². The molecule has 126 valence electrons. The molecule has 0 radical (unpaired) electrons. The van der Waals surface area contributed by atoms with Crippen molar-refractivity contribution in [2.24, 2.45) is 0 Å². The fourth-order valence-electron chi connectivity index (χ4n) is 2.45. The second-order valence-electron chi connectivity index (χ2n) is 5.49. The van der Waals surface area contributed by atoms with Gasteiger partial charge in [-0.05, 0) is 42.8 Å². The van der Waals surface area contributed by atoms with Crippen molar-refractivity contribution in [2.45, 2.75) is 6.92 Å². The number of hydrogen-bond donors (Lipinski definition) is 1. The van der Waals surface area contributed by atoms with Gasteiger partial charge in [-0.1, -0.05) is 18.2 Å². The summed E-state index contributed by atoms with van der Waals surface area (Å²) >= 11 is 0. The van der Waals surface area contributed by atoms with E-state index in [9.17, 15) is 9.59 Å². The number of benzene rings is 1. The summed E-state index contributed by atoms with van der Waals surface area (Å²) in [5, 5.41) is 9.05. The zero-order valence-corrected chi connectivity index (χ0v) is 13.8. The van der Waals surface area contributed by atoms with Gasteiger partial charge in [0.15, 0.2) is 0 Å². The topological polar surface area (TPSA) is 80.9 Å². The van der Waals surface area contributed by atoms with Crippen LogP contribution in [0.1, 0.15) is 27.2 Å². The lowest BCUT2D eigenvalue weighted by Gasteiger charge is -2.06. The molecule has 0 bridgehead atoms. The van der Waals surface area contributed by atoms with Gasteiger partial charge >= 0.3 is 5.97 Å². The molecule has 3 aromatic rings. The third kappa shape index (κ3) is 3.28. The van der Waals surface area contributed by atoms with Crippen LogP contribution in [0.4, 0.5) is 0 Å². The summed E-state index contributed by atoms with van der Waals surface area (Å²) < 4.78 is 6.44. The van der Waals surface area contributed by atoms with Gasteiger partial charge in [0.2, 0.25) is 0 Å². The molecule has 25 heavy (non-hydrogen) atoms. The normalized spacial score (nSPS) is 11.1. The van der Waals surface area contributed by atoms with E-state index in [4.69, 9.17) is 9.84 Å². The van der Waals surface area contributed by atoms with Crippen molar-refractivity contribution < 1.29 is 14.6 Å². The minimum Gasteiger partial charge on any atom is -0.497 e. The van der Waals surface area contributed by atoms with Gasteiger partial charge in [-0.2, -0.15) is 0 Å². The fourth-order valence-corrected chi connectivity index (χ4v) is 2.45. The third-order valence-corrected chi connectivity index (χ3v) is 3.86. The summed E-state index contributed by atoms with van der Waals surface area (Å²) in [6, 6.07) is 10.5. The molecule has 0 aliphatic heterocycles. The molecule has 6 nitrogen and oxygen atoms in total. The summed E-state index contributed by atoms with van der Waals surface area (Å²) in [4.78, 5) is 28.0. The molecule has 0 aliphatic carbocycles.